The third-order valence-corrected chi connectivity index (χ3v) is 6.62. The van der Waals surface area contributed by atoms with Crippen LogP contribution in [0.5, 0.6) is 23.0 Å². The largest absolute Gasteiger partial charge is 0.493 e. The first-order valence-corrected chi connectivity index (χ1v) is 11.2. The highest BCUT2D eigenvalue weighted by atomic mass is 32.1. The molecule has 0 unspecified atom stereocenters. The average molecular weight is 451 g/mol. The molecule has 0 fully saturated rings. The lowest BCUT2D eigenvalue weighted by molar-refractivity contribution is 0.102. The molecule has 0 aliphatic heterocycles. The summed E-state index contributed by atoms with van der Waals surface area (Å²) >= 11 is 1.65. The zero-order valence-electron chi connectivity index (χ0n) is 18.7. The maximum absolute atomic E-state index is 13.2. The number of aryl methyl sites for hydroxylation is 1. The molecule has 1 aliphatic rings. The normalized spacial score (nSPS) is 14.2. The Bertz CT molecular complexity index is 1160. The number of fused-ring (bicyclic) bond motifs is 1. The number of ether oxygens (including phenoxy) is 4. The minimum atomic E-state index is 0.0474. The second kappa shape index (κ2) is 9.49. The van der Waals surface area contributed by atoms with Crippen molar-refractivity contribution in [3.05, 3.63) is 70.1 Å². The van der Waals surface area contributed by atoms with Crippen molar-refractivity contribution in [2.75, 3.05) is 28.4 Å². The molecule has 1 aromatic heterocycles. The van der Waals surface area contributed by atoms with Gasteiger partial charge in [0.1, 0.15) is 0 Å². The first kappa shape index (κ1) is 22.0. The van der Waals surface area contributed by atoms with Crippen LogP contribution in [0, 0.1) is 0 Å². The van der Waals surface area contributed by atoms with Gasteiger partial charge in [0, 0.05) is 16.0 Å². The second-order valence-electron chi connectivity index (χ2n) is 7.48. The molecule has 0 atom stereocenters. The number of methoxy groups -OCH3 is 4. The topological polar surface area (TPSA) is 54.0 Å². The van der Waals surface area contributed by atoms with E-state index >= 15 is 0 Å². The quantitative estimate of drug-likeness (QED) is 0.429. The molecule has 0 N–H and O–H groups in total. The van der Waals surface area contributed by atoms with Gasteiger partial charge in [0.15, 0.2) is 28.8 Å². The van der Waals surface area contributed by atoms with E-state index in [1.165, 1.54) is 0 Å². The van der Waals surface area contributed by atoms with Crippen LogP contribution in [0.15, 0.2) is 53.4 Å². The van der Waals surface area contributed by atoms with Gasteiger partial charge in [-0.15, -0.1) is 11.3 Å². The van der Waals surface area contributed by atoms with Crippen molar-refractivity contribution < 1.29 is 23.7 Å². The van der Waals surface area contributed by atoms with Crippen molar-refractivity contribution in [1.29, 1.82) is 0 Å². The third kappa shape index (κ3) is 4.10. The third-order valence-electron chi connectivity index (χ3n) is 5.72. The molecule has 2 aromatic carbocycles. The monoisotopic (exact) mass is 450 g/mol. The lowest BCUT2D eigenvalue weighted by atomic mass is 9.85. The first-order valence-electron chi connectivity index (χ1n) is 10.4. The summed E-state index contributed by atoms with van der Waals surface area (Å²) in [6, 6.07) is 11.9. The fourth-order valence-electron chi connectivity index (χ4n) is 4.09. The number of thiophene rings is 1. The summed E-state index contributed by atoms with van der Waals surface area (Å²) in [6.45, 7) is 0. The highest BCUT2D eigenvalue weighted by molar-refractivity contribution is 7.13. The van der Waals surface area contributed by atoms with Gasteiger partial charge < -0.3 is 18.9 Å². The average Bonchev–Trinajstić information content (AvgIpc) is 3.37. The lowest BCUT2D eigenvalue weighted by Crippen LogP contribution is -2.15. The Labute approximate surface area is 192 Å². The number of carbonyl (C=O) groups excluding carboxylic acids is 1. The molecule has 5 nitrogen and oxygen atoms in total. The van der Waals surface area contributed by atoms with E-state index in [1.54, 1.807) is 45.8 Å². The van der Waals surface area contributed by atoms with Crippen LogP contribution in [0.25, 0.3) is 10.4 Å². The van der Waals surface area contributed by atoms with Crippen LogP contribution < -0.4 is 18.9 Å². The maximum Gasteiger partial charge on any atom is 0.189 e. The van der Waals surface area contributed by atoms with Crippen molar-refractivity contribution in [3.8, 4) is 33.4 Å². The van der Waals surface area contributed by atoms with Crippen molar-refractivity contribution >= 4 is 17.1 Å². The molecule has 6 heteroatoms. The van der Waals surface area contributed by atoms with Gasteiger partial charge in [-0.25, -0.2) is 0 Å². The number of hydrogen-bond acceptors (Lipinski definition) is 6. The summed E-state index contributed by atoms with van der Waals surface area (Å²) in [6.07, 6.45) is 4.15. The summed E-state index contributed by atoms with van der Waals surface area (Å²) < 4.78 is 22.0. The Balaban J connectivity index is 1.65. The predicted molar refractivity (Wildman–Crippen MR) is 127 cm³/mol. The van der Waals surface area contributed by atoms with E-state index in [-0.39, 0.29) is 5.78 Å². The van der Waals surface area contributed by atoms with Gasteiger partial charge in [0.25, 0.3) is 0 Å². The number of ketones is 1. The SMILES string of the molecule is COc1cc2c(cc1OC)C(=O)C(=CCc1cc(OC)c(OC)c(-c3cccs3)c1)CC2. The molecule has 0 spiro atoms. The molecule has 0 bridgehead atoms. The molecule has 0 saturated carbocycles. The Hall–Kier alpha value is -3.25. The molecule has 0 radical (unpaired) electrons. The molecule has 0 amide bonds. The standard InChI is InChI=1S/C26H26O5S/c1-28-21-14-18-10-9-17(25(27)19(18)15-22(21)29-2)8-7-16-12-20(24-6-5-11-32-24)26(31-4)23(13-16)30-3/h5-6,8,11-15H,7,9-10H2,1-4H3. The van der Waals surface area contributed by atoms with Crippen LogP contribution in [0.1, 0.15) is 27.9 Å². The van der Waals surface area contributed by atoms with E-state index < -0.39 is 0 Å². The van der Waals surface area contributed by atoms with Crippen molar-refractivity contribution in [1.82, 2.24) is 0 Å². The van der Waals surface area contributed by atoms with Gasteiger partial charge in [-0.3, -0.25) is 4.79 Å². The summed E-state index contributed by atoms with van der Waals surface area (Å²) in [5.74, 6) is 2.67. The predicted octanol–water partition coefficient (Wildman–Crippen LogP) is 5.75. The van der Waals surface area contributed by atoms with Crippen molar-refractivity contribution in [2.45, 2.75) is 19.3 Å². The Morgan fingerprint density at radius 1 is 0.875 bits per heavy atom. The number of hydrogen-bond donors (Lipinski definition) is 0. The van der Waals surface area contributed by atoms with Crippen LogP contribution in [0.4, 0.5) is 0 Å². The smallest absolute Gasteiger partial charge is 0.189 e. The zero-order valence-corrected chi connectivity index (χ0v) is 19.5. The number of allylic oxidation sites excluding steroid dienone is 2. The van der Waals surface area contributed by atoms with Gasteiger partial charge in [-0.2, -0.15) is 0 Å². The number of Topliss-reactive ketones (excluding diaryl/α,β-unsaturated/α-hetero) is 1. The van der Waals surface area contributed by atoms with E-state index in [9.17, 15) is 4.79 Å². The maximum atomic E-state index is 13.2. The van der Waals surface area contributed by atoms with Crippen molar-refractivity contribution in [3.63, 3.8) is 0 Å². The van der Waals surface area contributed by atoms with Crippen LogP contribution in [0.3, 0.4) is 0 Å². The first-order chi connectivity index (χ1) is 15.6. The summed E-state index contributed by atoms with van der Waals surface area (Å²) in [5.41, 5.74) is 4.55. The minimum absolute atomic E-state index is 0.0474. The molecular formula is C26H26O5S. The molecule has 1 heterocycles. The zero-order chi connectivity index (χ0) is 22.7. The van der Waals surface area contributed by atoms with E-state index in [4.69, 9.17) is 18.9 Å². The number of benzene rings is 2. The molecule has 32 heavy (non-hydrogen) atoms. The molecule has 0 saturated heterocycles. The summed E-state index contributed by atoms with van der Waals surface area (Å²) in [4.78, 5) is 14.3. The van der Waals surface area contributed by atoms with Gasteiger partial charge in [0.05, 0.1) is 28.4 Å². The van der Waals surface area contributed by atoms with Crippen LogP contribution in [0.2, 0.25) is 0 Å². The minimum Gasteiger partial charge on any atom is -0.493 e. The summed E-state index contributed by atoms with van der Waals surface area (Å²) in [5, 5.41) is 2.04. The van der Waals surface area contributed by atoms with E-state index in [2.05, 4.69) is 12.1 Å². The Kier molecular flexibility index (Phi) is 6.51. The second-order valence-corrected chi connectivity index (χ2v) is 8.43. The van der Waals surface area contributed by atoms with Crippen molar-refractivity contribution in [2.24, 2.45) is 0 Å². The molecular weight excluding hydrogens is 424 g/mol. The van der Waals surface area contributed by atoms with Crippen LogP contribution >= 0.6 is 11.3 Å². The van der Waals surface area contributed by atoms with Crippen LogP contribution in [-0.2, 0) is 12.8 Å². The highest BCUT2D eigenvalue weighted by Crippen LogP contribution is 2.41. The van der Waals surface area contributed by atoms with Gasteiger partial charge in [0.2, 0.25) is 0 Å². The number of carbonyl (C=O) groups is 1. The Morgan fingerprint density at radius 2 is 1.62 bits per heavy atom. The van der Waals surface area contributed by atoms with Crippen LogP contribution in [-0.4, -0.2) is 34.2 Å². The number of rotatable bonds is 7. The molecule has 4 rings (SSSR count). The lowest BCUT2D eigenvalue weighted by Gasteiger charge is -2.20. The van der Waals surface area contributed by atoms with E-state index in [1.807, 2.05) is 29.7 Å². The highest BCUT2D eigenvalue weighted by Gasteiger charge is 2.24. The fourth-order valence-corrected chi connectivity index (χ4v) is 4.82. The van der Waals surface area contributed by atoms with E-state index in [0.29, 0.717) is 35.7 Å². The van der Waals surface area contributed by atoms with E-state index in [0.717, 1.165) is 39.3 Å². The molecule has 3 aromatic rings. The molecule has 1 aliphatic carbocycles. The molecule has 166 valence electrons. The fraction of sp³-hybridized carbons (Fsp3) is 0.269. The van der Waals surface area contributed by atoms with Gasteiger partial charge in [-0.05, 0) is 71.7 Å². The summed E-state index contributed by atoms with van der Waals surface area (Å²) in [7, 11) is 6.48. The van der Waals surface area contributed by atoms with Gasteiger partial charge in [-0.1, -0.05) is 12.1 Å². The van der Waals surface area contributed by atoms with Gasteiger partial charge >= 0.3 is 0 Å². The Morgan fingerprint density at radius 3 is 2.28 bits per heavy atom.